The molecule has 14 heavy (non-hydrogen) atoms. The first kappa shape index (κ1) is 10.5. The first-order valence-corrected chi connectivity index (χ1v) is 4.02. The van der Waals surface area contributed by atoms with Crippen molar-refractivity contribution in [3.63, 3.8) is 0 Å². The van der Waals surface area contributed by atoms with Crippen LogP contribution in [0, 0.1) is 17.1 Å². The largest absolute Gasteiger partial charge is 0.481 e. The standard InChI is InChI=1S/C9H5ClFNO2/c10-7-3-8(11)5(2-9(13)14)1-6(7)4-12/h1,3H,2H2,(H,13,14). The molecule has 0 bridgehead atoms. The second kappa shape index (κ2) is 4.07. The van der Waals surface area contributed by atoms with E-state index in [0.29, 0.717) is 0 Å². The first-order valence-electron chi connectivity index (χ1n) is 3.64. The predicted molar refractivity (Wildman–Crippen MR) is 47.5 cm³/mol. The third-order valence-electron chi connectivity index (χ3n) is 1.60. The zero-order valence-corrected chi connectivity index (χ0v) is 7.68. The molecule has 5 heteroatoms. The summed E-state index contributed by atoms with van der Waals surface area (Å²) in [6, 6.07) is 3.83. The van der Waals surface area contributed by atoms with Gasteiger partial charge >= 0.3 is 5.97 Å². The lowest BCUT2D eigenvalue weighted by Gasteiger charge is -2.01. The lowest BCUT2D eigenvalue weighted by Crippen LogP contribution is -2.03. The third kappa shape index (κ3) is 2.21. The van der Waals surface area contributed by atoms with E-state index >= 15 is 0 Å². The van der Waals surface area contributed by atoms with E-state index < -0.39 is 18.2 Å². The predicted octanol–water partition coefficient (Wildman–Crippen LogP) is 1.98. The summed E-state index contributed by atoms with van der Waals surface area (Å²) in [5.74, 6) is -1.87. The average molecular weight is 214 g/mol. The van der Waals surface area contributed by atoms with Crippen molar-refractivity contribution in [3.05, 3.63) is 34.1 Å². The molecule has 0 aliphatic rings. The number of aliphatic carboxylic acids is 1. The minimum atomic E-state index is -1.16. The highest BCUT2D eigenvalue weighted by atomic mass is 35.5. The van der Waals surface area contributed by atoms with Gasteiger partial charge in [-0.25, -0.2) is 4.39 Å². The number of benzene rings is 1. The Kier molecular flexibility index (Phi) is 3.05. The maximum Gasteiger partial charge on any atom is 0.307 e. The van der Waals surface area contributed by atoms with Gasteiger partial charge in [-0.2, -0.15) is 5.26 Å². The van der Waals surface area contributed by atoms with Crippen molar-refractivity contribution in [2.75, 3.05) is 0 Å². The minimum absolute atomic E-state index is 0.0147. The van der Waals surface area contributed by atoms with Crippen molar-refractivity contribution >= 4 is 17.6 Å². The second-order valence-corrected chi connectivity index (χ2v) is 3.01. The molecule has 1 aromatic rings. The fourth-order valence-corrected chi connectivity index (χ4v) is 1.17. The maximum atomic E-state index is 13.1. The van der Waals surface area contributed by atoms with Gasteiger partial charge in [0.25, 0.3) is 0 Å². The molecule has 0 heterocycles. The van der Waals surface area contributed by atoms with Crippen molar-refractivity contribution < 1.29 is 14.3 Å². The Morgan fingerprint density at radius 1 is 1.64 bits per heavy atom. The summed E-state index contributed by atoms with van der Waals surface area (Å²) in [4.78, 5) is 10.3. The zero-order chi connectivity index (χ0) is 10.7. The van der Waals surface area contributed by atoms with Crippen LogP contribution in [0.1, 0.15) is 11.1 Å². The molecule has 1 rings (SSSR count). The van der Waals surface area contributed by atoms with E-state index in [9.17, 15) is 9.18 Å². The summed E-state index contributed by atoms with van der Waals surface area (Å²) < 4.78 is 13.1. The maximum absolute atomic E-state index is 13.1. The van der Waals surface area contributed by atoms with Crippen LogP contribution in [0.3, 0.4) is 0 Å². The van der Waals surface area contributed by atoms with Crippen LogP contribution >= 0.6 is 11.6 Å². The number of hydrogen-bond donors (Lipinski definition) is 1. The van der Waals surface area contributed by atoms with Gasteiger partial charge in [0.2, 0.25) is 0 Å². The van der Waals surface area contributed by atoms with E-state index in [-0.39, 0.29) is 16.1 Å². The molecule has 0 aliphatic heterocycles. The van der Waals surface area contributed by atoms with Gasteiger partial charge in [-0.15, -0.1) is 0 Å². The van der Waals surface area contributed by atoms with Crippen LogP contribution in [0.5, 0.6) is 0 Å². The number of rotatable bonds is 2. The lowest BCUT2D eigenvalue weighted by atomic mass is 10.1. The minimum Gasteiger partial charge on any atom is -0.481 e. The van der Waals surface area contributed by atoms with Crippen LogP contribution in [0.4, 0.5) is 4.39 Å². The highest BCUT2D eigenvalue weighted by molar-refractivity contribution is 6.31. The molecule has 0 saturated carbocycles. The Morgan fingerprint density at radius 2 is 2.29 bits per heavy atom. The summed E-state index contributed by atoms with van der Waals surface area (Å²) in [7, 11) is 0. The Labute approximate surface area is 84.3 Å². The highest BCUT2D eigenvalue weighted by Crippen LogP contribution is 2.20. The Balaban J connectivity index is 3.19. The van der Waals surface area contributed by atoms with Gasteiger partial charge in [-0.1, -0.05) is 11.6 Å². The van der Waals surface area contributed by atoms with Gasteiger partial charge in [-0.3, -0.25) is 4.79 Å². The van der Waals surface area contributed by atoms with Crippen molar-refractivity contribution in [2.24, 2.45) is 0 Å². The van der Waals surface area contributed by atoms with Gasteiger partial charge in [0.1, 0.15) is 11.9 Å². The first-order chi connectivity index (χ1) is 6.54. The molecule has 0 spiro atoms. The summed E-state index contributed by atoms with van der Waals surface area (Å²) in [6.45, 7) is 0. The molecule has 0 aromatic heterocycles. The van der Waals surface area contributed by atoms with Crippen LogP contribution in [0.25, 0.3) is 0 Å². The molecule has 3 nitrogen and oxygen atoms in total. The average Bonchev–Trinajstić information content (AvgIpc) is 2.09. The number of hydrogen-bond acceptors (Lipinski definition) is 2. The normalized spacial score (nSPS) is 9.50. The molecule has 72 valence electrons. The molecule has 0 amide bonds. The quantitative estimate of drug-likeness (QED) is 0.817. The van der Waals surface area contributed by atoms with E-state index in [2.05, 4.69) is 0 Å². The number of carboxylic acid groups (broad SMARTS) is 1. The van der Waals surface area contributed by atoms with Crippen LogP contribution in [0.2, 0.25) is 5.02 Å². The lowest BCUT2D eigenvalue weighted by molar-refractivity contribution is -0.136. The molecule has 0 atom stereocenters. The third-order valence-corrected chi connectivity index (χ3v) is 1.91. The van der Waals surface area contributed by atoms with Crippen molar-refractivity contribution in [2.45, 2.75) is 6.42 Å². The second-order valence-electron chi connectivity index (χ2n) is 2.61. The monoisotopic (exact) mass is 213 g/mol. The van der Waals surface area contributed by atoms with Crippen molar-refractivity contribution in [1.29, 1.82) is 5.26 Å². The number of carboxylic acids is 1. The van der Waals surface area contributed by atoms with E-state index in [1.54, 1.807) is 6.07 Å². The van der Waals surface area contributed by atoms with E-state index in [4.69, 9.17) is 22.0 Å². The van der Waals surface area contributed by atoms with Gasteiger partial charge in [0, 0.05) is 5.56 Å². The molecular formula is C9H5ClFNO2. The summed E-state index contributed by atoms with van der Waals surface area (Å²) in [5, 5.41) is 17.0. The summed E-state index contributed by atoms with van der Waals surface area (Å²) in [6.07, 6.45) is -0.461. The summed E-state index contributed by atoms with van der Waals surface area (Å²) >= 11 is 5.53. The van der Waals surface area contributed by atoms with Crippen LogP contribution < -0.4 is 0 Å². The van der Waals surface area contributed by atoms with E-state index in [1.165, 1.54) is 0 Å². The molecule has 0 aliphatic carbocycles. The van der Waals surface area contributed by atoms with Crippen LogP contribution in [0.15, 0.2) is 12.1 Å². The Bertz CT molecular complexity index is 426. The number of nitriles is 1. The molecule has 1 N–H and O–H groups in total. The fraction of sp³-hybridized carbons (Fsp3) is 0.111. The highest BCUT2D eigenvalue weighted by Gasteiger charge is 2.10. The molecular weight excluding hydrogens is 209 g/mol. The SMILES string of the molecule is N#Cc1cc(CC(=O)O)c(F)cc1Cl. The zero-order valence-electron chi connectivity index (χ0n) is 6.92. The Morgan fingerprint density at radius 3 is 2.79 bits per heavy atom. The smallest absolute Gasteiger partial charge is 0.307 e. The van der Waals surface area contributed by atoms with Crippen LogP contribution in [-0.2, 0) is 11.2 Å². The van der Waals surface area contributed by atoms with Crippen LogP contribution in [-0.4, -0.2) is 11.1 Å². The van der Waals surface area contributed by atoms with Gasteiger partial charge in [-0.05, 0) is 12.1 Å². The van der Waals surface area contributed by atoms with Crippen molar-refractivity contribution in [1.82, 2.24) is 0 Å². The Hall–Kier alpha value is -1.60. The van der Waals surface area contributed by atoms with E-state index in [1.807, 2.05) is 0 Å². The van der Waals surface area contributed by atoms with Crippen molar-refractivity contribution in [3.8, 4) is 6.07 Å². The molecule has 0 unspecified atom stereocenters. The number of halogens is 2. The van der Waals surface area contributed by atoms with E-state index in [0.717, 1.165) is 12.1 Å². The van der Waals surface area contributed by atoms with Gasteiger partial charge in [0.05, 0.1) is 17.0 Å². The number of nitrogens with zero attached hydrogens (tertiary/aromatic N) is 1. The molecule has 0 saturated heterocycles. The molecule has 0 fully saturated rings. The topological polar surface area (TPSA) is 61.1 Å². The summed E-state index contributed by atoms with van der Waals surface area (Å²) in [5.41, 5.74) is 0.0303. The molecule has 1 aromatic carbocycles. The molecule has 0 radical (unpaired) electrons. The van der Waals surface area contributed by atoms with Gasteiger partial charge < -0.3 is 5.11 Å². The van der Waals surface area contributed by atoms with Gasteiger partial charge in [0.15, 0.2) is 0 Å². The fourth-order valence-electron chi connectivity index (χ4n) is 0.978. The number of carbonyl (C=O) groups is 1.